The molecule has 0 unspecified atom stereocenters. The normalized spacial score (nSPS) is 15.1. The average Bonchev–Trinajstić information content (AvgIpc) is 3.19. The number of anilines is 3. The molecule has 1 aromatic carbocycles. The van der Waals surface area contributed by atoms with Crippen LogP contribution in [0.3, 0.4) is 0 Å². The van der Waals surface area contributed by atoms with Crippen LogP contribution in [-0.2, 0) is 0 Å². The van der Waals surface area contributed by atoms with Crippen LogP contribution in [0.2, 0.25) is 0 Å². The number of rotatable bonds is 3. The lowest BCUT2D eigenvalue weighted by molar-refractivity contribution is 0.929. The first-order valence-corrected chi connectivity index (χ1v) is 7.49. The third-order valence-electron chi connectivity index (χ3n) is 3.48. The number of H-pyrrole nitrogens is 1. The Morgan fingerprint density at radius 3 is 3.00 bits per heavy atom. The molecule has 7 heteroatoms. The molecule has 0 bridgehead atoms. The molecule has 0 amide bonds. The predicted molar refractivity (Wildman–Crippen MR) is 80.7 cm³/mol. The fourth-order valence-corrected chi connectivity index (χ4v) is 3.26. The zero-order valence-electron chi connectivity index (χ0n) is 10.8. The summed E-state index contributed by atoms with van der Waals surface area (Å²) in [6.45, 7) is 2.19. The van der Waals surface area contributed by atoms with Crippen molar-refractivity contribution in [2.24, 2.45) is 0 Å². The van der Waals surface area contributed by atoms with Gasteiger partial charge in [0.2, 0.25) is 10.3 Å². The highest BCUT2D eigenvalue weighted by Gasteiger charge is 2.16. The minimum Gasteiger partial charge on any atom is -0.347 e. The standard InChI is InChI=1S/C13H14N6S/c1-2-6-19(5-1)13-18-17-12(20-13)15-10-3-4-11-9(7-10)8-14-16-11/h3-4,7-8H,1-2,5-6H2,(H,14,16)(H,15,17). The molecule has 102 valence electrons. The second kappa shape index (κ2) is 4.75. The van der Waals surface area contributed by atoms with E-state index in [1.807, 2.05) is 18.3 Å². The maximum absolute atomic E-state index is 4.26. The molecule has 2 N–H and O–H groups in total. The van der Waals surface area contributed by atoms with Crippen LogP contribution >= 0.6 is 11.3 Å². The van der Waals surface area contributed by atoms with Gasteiger partial charge in [-0.05, 0) is 31.0 Å². The molecule has 20 heavy (non-hydrogen) atoms. The van der Waals surface area contributed by atoms with Crippen molar-refractivity contribution in [2.75, 3.05) is 23.3 Å². The first-order valence-electron chi connectivity index (χ1n) is 6.67. The van der Waals surface area contributed by atoms with E-state index in [1.54, 1.807) is 11.3 Å². The third-order valence-corrected chi connectivity index (χ3v) is 4.38. The van der Waals surface area contributed by atoms with Crippen LogP contribution in [0.25, 0.3) is 10.9 Å². The number of hydrogen-bond donors (Lipinski definition) is 2. The Kier molecular flexibility index (Phi) is 2.77. The topological polar surface area (TPSA) is 69.7 Å². The van der Waals surface area contributed by atoms with E-state index in [4.69, 9.17) is 0 Å². The molecule has 0 aliphatic carbocycles. The Labute approximate surface area is 119 Å². The number of nitrogens with zero attached hydrogens (tertiary/aromatic N) is 4. The lowest BCUT2D eigenvalue weighted by Gasteiger charge is -2.10. The molecular formula is C13H14N6S. The third kappa shape index (κ3) is 2.09. The van der Waals surface area contributed by atoms with E-state index in [0.717, 1.165) is 39.9 Å². The van der Waals surface area contributed by atoms with E-state index in [1.165, 1.54) is 12.8 Å². The Balaban J connectivity index is 1.55. The van der Waals surface area contributed by atoms with E-state index >= 15 is 0 Å². The van der Waals surface area contributed by atoms with Gasteiger partial charge in [-0.1, -0.05) is 11.3 Å². The molecule has 3 aromatic rings. The number of fused-ring (bicyclic) bond motifs is 1. The Bertz CT molecular complexity index is 727. The van der Waals surface area contributed by atoms with Crippen molar-refractivity contribution in [3.8, 4) is 0 Å². The summed E-state index contributed by atoms with van der Waals surface area (Å²) in [4.78, 5) is 2.29. The van der Waals surface area contributed by atoms with E-state index in [-0.39, 0.29) is 0 Å². The number of hydrogen-bond acceptors (Lipinski definition) is 6. The van der Waals surface area contributed by atoms with Crippen LogP contribution in [0, 0.1) is 0 Å². The zero-order chi connectivity index (χ0) is 13.4. The zero-order valence-corrected chi connectivity index (χ0v) is 11.7. The van der Waals surface area contributed by atoms with Crippen LogP contribution in [0.4, 0.5) is 16.0 Å². The van der Waals surface area contributed by atoms with E-state index in [2.05, 4.69) is 36.7 Å². The van der Waals surface area contributed by atoms with Crippen LogP contribution in [0.15, 0.2) is 24.4 Å². The van der Waals surface area contributed by atoms with E-state index < -0.39 is 0 Å². The van der Waals surface area contributed by atoms with Gasteiger partial charge in [0, 0.05) is 24.2 Å². The summed E-state index contributed by atoms with van der Waals surface area (Å²) in [5.74, 6) is 0. The lowest BCUT2D eigenvalue weighted by Crippen LogP contribution is -2.17. The maximum atomic E-state index is 4.26. The molecule has 1 aliphatic heterocycles. The molecule has 3 heterocycles. The van der Waals surface area contributed by atoms with E-state index in [0.29, 0.717) is 0 Å². The molecule has 1 fully saturated rings. The summed E-state index contributed by atoms with van der Waals surface area (Å²) in [7, 11) is 0. The Morgan fingerprint density at radius 1 is 1.20 bits per heavy atom. The molecule has 4 rings (SSSR count). The van der Waals surface area contributed by atoms with Gasteiger partial charge in [0.05, 0.1) is 11.7 Å². The first kappa shape index (κ1) is 11.7. The highest BCUT2D eigenvalue weighted by Crippen LogP contribution is 2.29. The minimum atomic E-state index is 0.828. The monoisotopic (exact) mass is 286 g/mol. The van der Waals surface area contributed by atoms with Gasteiger partial charge >= 0.3 is 0 Å². The number of benzene rings is 1. The summed E-state index contributed by atoms with van der Waals surface area (Å²) >= 11 is 1.60. The van der Waals surface area contributed by atoms with Crippen LogP contribution < -0.4 is 10.2 Å². The van der Waals surface area contributed by atoms with Gasteiger partial charge in [-0.2, -0.15) is 5.10 Å². The van der Waals surface area contributed by atoms with Crippen molar-refractivity contribution in [1.29, 1.82) is 0 Å². The van der Waals surface area contributed by atoms with Gasteiger partial charge in [0.25, 0.3) is 0 Å². The predicted octanol–water partition coefficient (Wildman–Crippen LogP) is 2.76. The van der Waals surface area contributed by atoms with Gasteiger partial charge in [0.1, 0.15) is 0 Å². The van der Waals surface area contributed by atoms with Crippen molar-refractivity contribution in [2.45, 2.75) is 12.8 Å². The quantitative estimate of drug-likeness (QED) is 0.774. The number of nitrogens with one attached hydrogen (secondary N) is 2. The van der Waals surface area contributed by atoms with Crippen LogP contribution in [-0.4, -0.2) is 33.5 Å². The van der Waals surface area contributed by atoms with Gasteiger partial charge in [-0.25, -0.2) is 0 Å². The molecule has 0 spiro atoms. The molecule has 2 aromatic heterocycles. The highest BCUT2D eigenvalue weighted by atomic mass is 32.1. The second-order valence-electron chi connectivity index (χ2n) is 4.88. The van der Waals surface area contributed by atoms with Gasteiger partial charge in [0.15, 0.2) is 0 Å². The summed E-state index contributed by atoms with van der Waals surface area (Å²) in [6, 6.07) is 6.07. The second-order valence-corrected chi connectivity index (χ2v) is 5.84. The fraction of sp³-hybridized carbons (Fsp3) is 0.308. The van der Waals surface area contributed by atoms with Crippen molar-refractivity contribution in [1.82, 2.24) is 20.4 Å². The lowest BCUT2D eigenvalue weighted by atomic mass is 10.2. The van der Waals surface area contributed by atoms with E-state index in [9.17, 15) is 0 Å². The average molecular weight is 286 g/mol. The van der Waals surface area contributed by atoms with Gasteiger partial charge in [-0.3, -0.25) is 5.10 Å². The smallest absolute Gasteiger partial charge is 0.211 e. The number of aromatic nitrogens is 4. The van der Waals surface area contributed by atoms with Crippen molar-refractivity contribution in [3.63, 3.8) is 0 Å². The fourth-order valence-electron chi connectivity index (χ4n) is 2.45. The van der Waals surface area contributed by atoms with Crippen LogP contribution in [0.5, 0.6) is 0 Å². The molecule has 0 radical (unpaired) electrons. The first-order chi connectivity index (χ1) is 9.88. The Morgan fingerprint density at radius 2 is 2.10 bits per heavy atom. The maximum Gasteiger partial charge on any atom is 0.211 e. The molecule has 6 nitrogen and oxygen atoms in total. The number of aromatic amines is 1. The van der Waals surface area contributed by atoms with Gasteiger partial charge < -0.3 is 10.2 Å². The molecule has 1 aliphatic rings. The molecular weight excluding hydrogens is 272 g/mol. The molecule has 0 saturated carbocycles. The van der Waals surface area contributed by atoms with Crippen molar-refractivity contribution in [3.05, 3.63) is 24.4 Å². The van der Waals surface area contributed by atoms with Crippen molar-refractivity contribution >= 4 is 38.2 Å². The summed E-state index contributed by atoms with van der Waals surface area (Å²) in [6.07, 6.45) is 4.31. The highest BCUT2D eigenvalue weighted by molar-refractivity contribution is 7.19. The summed E-state index contributed by atoms with van der Waals surface area (Å²) in [5.41, 5.74) is 2.04. The van der Waals surface area contributed by atoms with Gasteiger partial charge in [-0.15, -0.1) is 10.2 Å². The largest absolute Gasteiger partial charge is 0.347 e. The summed E-state index contributed by atoms with van der Waals surface area (Å²) < 4.78 is 0. The Hall–Kier alpha value is -2.15. The SMILES string of the molecule is c1cc2[nH]ncc2cc1Nc1nnc(N2CCCC2)s1. The molecule has 0 atom stereocenters. The molecule has 1 saturated heterocycles. The summed E-state index contributed by atoms with van der Waals surface area (Å²) in [5, 5.41) is 21.7. The minimum absolute atomic E-state index is 0.828. The van der Waals surface area contributed by atoms with Crippen LogP contribution in [0.1, 0.15) is 12.8 Å². The van der Waals surface area contributed by atoms with Crippen molar-refractivity contribution < 1.29 is 0 Å².